The molecule has 2 atom stereocenters. The molecule has 0 bridgehead atoms. The Morgan fingerprint density at radius 2 is 1.52 bits per heavy atom. The lowest BCUT2D eigenvalue weighted by Crippen LogP contribution is -2.43. The van der Waals surface area contributed by atoms with E-state index in [-0.39, 0.29) is 36.0 Å². The second-order valence-electron chi connectivity index (χ2n) is 10.6. The van der Waals surface area contributed by atoms with Crippen molar-refractivity contribution >= 4 is 11.8 Å². The third-order valence-corrected chi connectivity index (χ3v) is 7.58. The van der Waals surface area contributed by atoms with Gasteiger partial charge >= 0.3 is 0 Å². The zero-order valence-corrected chi connectivity index (χ0v) is 23.0. The van der Waals surface area contributed by atoms with Crippen LogP contribution in [0, 0.1) is 11.7 Å². The maximum absolute atomic E-state index is 13.8. The van der Waals surface area contributed by atoms with Crippen molar-refractivity contribution in [3.05, 3.63) is 131 Å². The molecule has 5 nitrogen and oxygen atoms in total. The molecule has 3 aromatic carbocycles. The molecule has 0 N–H and O–H groups in total. The van der Waals surface area contributed by atoms with Gasteiger partial charge in [-0.15, -0.1) is 0 Å². The van der Waals surface area contributed by atoms with Crippen LogP contribution in [0.5, 0.6) is 0 Å². The quantitative estimate of drug-likeness (QED) is 0.215. The molecular weight excluding hydrogens is 501 g/mol. The number of hydrogen-bond acceptors (Lipinski definition) is 2. The van der Waals surface area contributed by atoms with E-state index in [0.717, 1.165) is 29.7 Å². The van der Waals surface area contributed by atoms with E-state index < -0.39 is 0 Å². The lowest BCUT2D eigenvalue weighted by atomic mass is 10.1. The first-order chi connectivity index (χ1) is 19.5. The summed E-state index contributed by atoms with van der Waals surface area (Å²) in [5, 5.41) is 0. The molecule has 1 aromatic heterocycles. The fourth-order valence-electron chi connectivity index (χ4n) is 5.34. The molecule has 2 amide bonds. The van der Waals surface area contributed by atoms with Crippen LogP contribution in [0.2, 0.25) is 0 Å². The molecule has 0 aliphatic heterocycles. The standard InChI is InChI=1S/C34H36FN3O2/c1-2-19-37(34(40)32-21-31(32)28-12-7-4-8-13-28)25-33(39)38(23-26-10-5-3-6-11-26)24-30-14-9-20-36(30)22-27-15-17-29(35)18-16-27/h3-18,20,31-32H,2,19,21-25H2,1H3. The Hall–Kier alpha value is -4.19. The topological polar surface area (TPSA) is 45.6 Å². The van der Waals surface area contributed by atoms with E-state index in [2.05, 4.69) is 16.7 Å². The number of hydrogen-bond donors (Lipinski definition) is 0. The fraction of sp³-hybridized carbons (Fsp3) is 0.294. The summed E-state index contributed by atoms with van der Waals surface area (Å²) in [5.74, 6) is -0.0836. The van der Waals surface area contributed by atoms with Crippen LogP contribution in [0.25, 0.3) is 0 Å². The molecule has 1 saturated carbocycles. The number of aromatic nitrogens is 1. The minimum absolute atomic E-state index is 0.0581. The van der Waals surface area contributed by atoms with E-state index >= 15 is 0 Å². The van der Waals surface area contributed by atoms with Crippen molar-refractivity contribution in [2.24, 2.45) is 5.92 Å². The van der Waals surface area contributed by atoms with Gasteiger partial charge in [-0.3, -0.25) is 9.59 Å². The highest BCUT2D eigenvalue weighted by molar-refractivity contribution is 5.88. The number of amides is 2. The molecule has 1 fully saturated rings. The van der Waals surface area contributed by atoms with Crippen molar-refractivity contribution in [1.82, 2.24) is 14.4 Å². The number of carbonyl (C=O) groups excluding carboxylic acids is 2. The van der Waals surface area contributed by atoms with E-state index in [1.54, 1.807) is 17.0 Å². The minimum Gasteiger partial charge on any atom is -0.345 e. The second-order valence-corrected chi connectivity index (χ2v) is 10.6. The summed E-state index contributed by atoms with van der Waals surface area (Å²) in [6.07, 6.45) is 3.61. The molecule has 0 spiro atoms. The van der Waals surface area contributed by atoms with Gasteiger partial charge in [0.25, 0.3) is 0 Å². The molecule has 1 heterocycles. The van der Waals surface area contributed by atoms with Crippen LogP contribution < -0.4 is 0 Å². The molecule has 2 unspecified atom stereocenters. The van der Waals surface area contributed by atoms with E-state index in [9.17, 15) is 14.0 Å². The fourth-order valence-corrected chi connectivity index (χ4v) is 5.34. The van der Waals surface area contributed by atoms with Gasteiger partial charge in [0.2, 0.25) is 11.8 Å². The molecule has 4 aromatic rings. The third kappa shape index (κ3) is 6.87. The van der Waals surface area contributed by atoms with Crippen LogP contribution in [0.4, 0.5) is 4.39 Å². The summed E-state index contributed by atoms with van der Waals surface area (Å²) >= 11 is 0. The van der Waals surface area contributed by atoms with Crippen LogP contribution in [-0.4, -0.2) is 39.3 Å². The van der Waals surface area contributed by atoms with Crippen LogP contribution in [0.3, 0.4) is 0 Å². The molecule has 206 valence electrons. The predicted octanol–water partition coefficient (Wildman–Crippen LogP) is 6.25. The number of nitrogens with zero attached hydrogens (tertiary/aromatic N) is 3. The largest absolute Gasteiger partial charge is 0.345 e. The van der Waals surface area contributed by atoms with Crippen LogP contribution >= 0.6 is 0 Å². The zero-order valence-electron chi connectivity index (χ0n) is 23.0. The molecule has 40 heavy (non-hydrogen) atoms. The van der Waals surface area contributed by atoms with Crippen LogP contribution in [-0.2, 0) is 29.2 Å². The van der Waals surface area contributed by atoms with Crippen molar-refractivity contribution in [3.63, 3.8) is 0 Å². The lowest BCUT2D eigenvalue weighted by molar-refractivity contribution is -0.142. The predicted molar refractivity (Wildman–Crippen MR) is 155 cm³/mol. The van der Waals surface area contributed by atoms with Gasteiger partial charge < -0.3 is 14.4 Å². The normalized spacial score (nSPS) is 15.9. The summed E-state index contributed by atoms with van der Waals surface area (Å²) in [6, 6.07) is 30.6. The van der Waals surface area contributed by atoms with E-state index in [1.165, 1.54) is 17.7 Å². The lowest BCUT2D eigenvalue weighted by Gasteiger charge is -2.28. The van der Waals surface area contributed by atoms with Gasteiger partial charge in [-0.2, -0.15) is 0 Å². The summed E-state index contributed by atoms with van der Waals surface area (Å²) in [5.41, 5.74) is 4.19. The monoisotopic (exact) mass is 537 g/mol. The molecular formula is C34H36FN3O2. The Bertz CT molecular complexity index is 1400. The molecule has 0 radical (unpaired) electrons. The van der Waals surface area contributed by atoms with Crippen molar-refractivity contribution < 1.29 is 14.0 Å². The van der Waals surface area contributed by atoms with Crippen molar-refractivity contribution in [2.45, 2.75) is 45.3 Å². The van der Waals surface area contributed by atoms with Gasteiger partial charge in [-0.25, -0.2) is 4.39 Å². The summed E-state index contributed by atoms with van der Waals surface area (Å²) in [6.45, 7) is 4.10. The number of rotatable bonds is 12. The molecule has 1 aliphatic rings. The Kier molecular flexibility index (Phi) is 8.74. The van der Waals surface area contributed by atoms with Crippen LogP contribution in [0.15, 0.2) is 103 Å². The Morgan fingerprint density at radius 1 is 0.825 bits per heavy atom. The summed E-state index contributed by atoms with van der Waals surface area (Å²) in [7, 11) is 0. The maximum atomic E-state index is 13.8. The summed E-state index contributed by atoms with van der Waals surface area (Å²) < 4.78 is 15.5. The number of benzene rings is 3. The average Bonchev–Trinajstić information content (AvgIpc) is 3.67. The first-order valence-corrected chi connectivity index (χ1v) is 14.1. The molecule has 6 heteroatoms. The number of carbonyl (C=O) groups is 2. The molecule has 1 aliphatic carbocycles. The van der Waals surface area contributed by atoms with E-state index in [4.69, 9.17) is 0 Å². The second kappa shape index (κ2) is 12.8. The average molecular weight is 538 g/mol. The van der Waals surface area contributed by atoms with Crippen molar-refractivity contribution in [2.75, 3.05) is 13.1 Å². The van der Waals surface area contributed by atoms with Gasteiger partial charge in [0.05, 0.1) is 13.1 Å². The number of halogens is 1. The smallest absolute Gasteiger partial charge is 0.242 e. The van der Waals surface area contributed by atoms with E-state index in [0.29, 0.717) is 26.2 Å². The zero-order chi connectivity index (χ0) is 27.9. The first-order valence-electron chi connectivity index (χ1n) is 14.1. The first kappa shape index (κ1) is 27.4. The Balaban J connectivity index is 1.31. The SMILES string of the molecule is CCCN(CC(=O)N(Cc1ccccc1)Cc1cccn1Cc1ccc(F)cc1)C(=O)C1CC1c1ccccc1. The van der Waals surface area contributed by atoms with E-state index in [1.807, 2.05) is 78.7 Å². The van der Waals surface area contributed by atoms with Crippen molar-refractivity contribution in [3.8, 4) is 0 Å². The minimum atomic E-state index is -0.261. The van der Waals surface area contributed by atoms with Gasteiger partial charge in [-0.05, 0) is 59.7 Å². The molecule has 0 saturated heterocycles. The highest BCUT2D eigenvalue weighted by atomic mass is 19.1. The Labute approximate surface area is 235 Å². The highest BCUT2D eigenvalue weighted by Crippen LogP contribution is 2.48. The molecule has 5 rings (SSSR count). The third-order valence-electron chi connectivity index (χ3n) is 7.58. The van der Waals surface area contributed by atoms with Gasteiger partial charge in [0, 0.05) is 37.4 Å². The maximum Gasteiger partial charge on any atom is 0.242 e. The summed E-state index contributed by atoms with van der Waals surface area (Å²) in [4.78, 5) is 31.0. The van der Waals surface area contributed by atoms with Gasteiger partial charge in [-0.1, -0.05) is 79.7 Å². The van der Waals surface area contributed by atoms with Gasteiger partial charge in [0.15, 0.2) is 0 Å². The highest BCUT2D eigenvalue weighted by Gasteiger charge is 2.45. The van der Waals surface area contributed by atoms with Crippen molar-refractivity contribution in [1.29, 1.82) is 0 Å². The Morgan fingerprint density at radius 3 is 2.23 bits per heavy atom. The van der Waals surface area contributed by atoms with Crippen LogP contribution in [0.1, 0.15) is 48.1 Å². The van der Waals surface area contributed by atoms with Gasteiger partial charge in [0.1, 0.15) is 5.82 Å².